The molecule has 0 atom stereocenters. The van der Waals surface area contributed by atoms with Gasteiger partial charge in [0.05, 0.1) is 10.6 Å². The third-order valence-corrected chi connectivity index (χ3v) is 3.46. The molecule has 1 heterocycles. The van der Waals surface area contributed by atoms with Crippen molar-refractivity contribution in [3.8, 4) is 0 Å². The minimum atomic E-state index is -0.593. The fourth-order valence-electron chi connectivity index (χ4n) is 1.56. The highest BCUT2D eigenvalue weighted by molar-refractivity contribution is 14.1. The maximum Gasteiger partial charge on any atom is 0.332 e. The van der Waals surface area contributed by atoms with Crippen molar-refractivity contribution in [2.24, 2.45) is 0 Å². The lowest BCUT2D eigenvalue weighted by Crippen LogP contribution is -2.05. The van der Waals surface area contributed by atoms with Gasteiger partial charge < -0.3 is 5.32 Å². The first kappa shape index (κ1) is 14.9. The number of hydrogen-bond acceptors (Lipinski definition) is 5. The molecule has 0 spiro atoms. The standard InChI is InChI=1S/C11H7ClFIN4O2/c1-5-9(18(19)20)10(17-11(12)15-5)16-8-3-2-6(13)4-7(8)14/h2-4H,1H3,(H,15,16,17). The SMILES string of the molecule is Cc1nc(Cl)nc(Nc2ccc(F)cc2I)c1[N+](=O)[O-]. The smallest absolute Gasteiger partial charge is 0.332 e. The molecule has 6 nitrogen and oxygen atoms in total. The highest BCUT2D eigenvalue weighted by atomic mass is 127. The van der Waals surface area contributed by atoms with Gasteiger partial charge in [-0.25, -0.2) is 9.37 Å². The number of nitrogens with one attached hydrogen (secondary N) is 1. The summed E-state index contributed by atoms with van der Waals surface area (Å²) in [7, 11) is 0. The summed E-state index contributed by atoms with van der Waals surface area (Å²) >= 11 is 7.62. The molecule has 9 heteroatoms. The van der Waals surface area contributed by atoms with E-state index in [0.717, 1.165) is 0 Å². The number of anilines is 2. The van der Waals surface area contributed by atoms with Gasteiger partial charge in [-0.2, -0.15) is 4.98 Å². The molecule has 1 N–H and O–H groups in total. The zero-order valence-corrected chi connectivity index (χ0v) is 12.9. The quantitative estimate of drug-likeness (QED) is 0.361. The van der Waals surface area contributed by atoms with Gasteiger partial charge in [0.1, 0.15) is 11.5 Å². The summed E-state index contributed by atoms with van der Waals surface area (Å²) in [6, 6.07) is 4.00. The molecule has 0 saturated heterocycles. The molecule has 20 heavy (non-hydrogen) atoms. The number of halogens is 3. The van der Waals surface area contributed by atoms with Crippen LogP contribution in [0.4, 0.5) is 21.6 Å². The van der Waals surface area contributed by atoms with Crippen LogP contribution in [0.25, 0.3) is 0 Å². The van der Waals surface area contributed by atoms with Gasteiger partial charge in [-0.05, 0) is 59.3 Å². The van der Waals surface area contributed by atoms with E-state index in [9.17, 15) is 14.5 Å². The average Bonchev–Trinajstić information content (AvgIpc) is 2.31. The van der Waals surface area contributed by atoms with E-state index in [1.807, 2.05) is 22.6 Å². The van der Waals surface area contributed by atoms with Crippen molar-refractivity contribution in [2.75, 3.05) is 5.32 Å². The lowest BCUT2D eigenvalue weighted by atomic mass is 10.3. The second-order valence-electron chi connectivity index (χ2n) is 3.78. The Morgan fingerprint density at radius 1 is 1.45 bits per heavy atom. The fourth-order valence-corrected chi connectivity index (χ4v) is 2.38. The summed E-state index contributed by atoms with van der Waals surface area (Å²) in [5.74, 6) is -0.427. The number of aryl methyl sites for hydroxylation is 1. The van der Waals surface area contributed by atoms with E-state index < -0.39 is 10.7 Å². The van der Waals surface area contributed by atoms with Crippen LogP contribution in [0.15, 0.2) is 18.2 Å². The van der Waals surface area contributed by atoms with Gasteiger partial charge in [0, 0.05) is 3.57 Å². The van der Waals surface area contributed by atoms with Crippen molar-refractivity contribution in [1.82, 2.24) is 9.97 Å². The van der Waals surface area contributed by atoms with Gasteiger partial charge in [-0.3, -0.25) is 10.1 Å². The van der Waals surface area contributed by atoms with E-state index >= 15 is 0 Å². The van der Waals surface area contributed by atoms with Crippen molar-refractivity contribution in [2.45, 2.75) is 6.92 Å². The Kier molecular flexibility index (Phi) is 4.33. The third-order valence-electron chi connectivity index (χ3n) is 2.40. The van der Waals surface area contributed by atoms with Gasteiger partial charge in [-0.1, -0.05) is 0 Å². The molecular weight excluding hydrogens is 402 g/mol. The second-order valence-corrected chi connectivity index (χ2v) is 5.28. The van der Waals surface area contributed by atoms with Crippen LogP contribution in [0, 0.1) is 26.4 Å². The highest BCUT2D eigenvalue weighted by Crippen LogP contribution is 2.31. The number of rotatable bonds is 3. The number of nitro groups is 1. The molecule has 1 aromatic heterocycles. The summed E-state index contributed by atoms with van der Waals surface area (Å²) in [5, 5.41) is 13.7. The molecule has 0 amide bonds. The molecule has 2 rings (SSSR count). The normalized spacial score (nSPS) is 10.4. The lowest BCUT2D eigenvalue weighted by Gasteiger charge is -2.09. The molecule has 0 aliphatic heterocycles. The van der Waals surface area contributed by atoms with E-state index in [4.69, 9.17) is 11.6 Å². The lowest BCUT2D eigenvalue weighted by molar-refractivity contribution is -0.385. The topological polar surface area (TPSA) is 81.0 Å². The molecule has 0 unspecified atom stereocenters. The van der Waals surface area contributed by atoms with Gasteiger partial charge in [0.2, 0.25) is 11.1 Å². The number of nitrogens with zero attached hydrogens (tertiary/aromatic N) is 3. The Morgan fingerprint density at radius 2 is 2.15 bits per heavy atom. The Hall–Kier alpha value is -1.55. The molecule has 0 radical (unpaired) electrons. The van der Waals surface area contributed by atoms with Crippen LogP contribution in [0.2, 0.25) is 5.28 Å². The van der Waals surface area contributed by atoms with Gasteiger partial charge in [0.25, 0.3) is 0 Å². The Balaban J connectivity index is 2.50. The van der Waals surface area contributed by atoms with Gasteiger partial charge in [0.15, 0.2) is 0 Å². The number of hydrogen-bond donors (Lipinski definition) is 1. The Labute approximate surface area is 131 Å². The minimum Gasteiger partial charge on any atom is -0.333 e. The zero-order chi connectivity index (χ0) is 14.9. The molecule has 0 fully saturated rings. The van der Waals surface area contributed by atoms with Crippen LogP contribution in [0.3, 0.4) is 0 Å². The van der Waals surface area contributed by atoms with E-state index in [1.165, 1.54) is 25.1 Å². The first-order valence-corrected chi connectivity index (χ1v) is 6.74. The molecule has 2 aromatic rings. The van der Waals surface area contributed by atoms with Crippen molar-refractivity contribution >= 4 is 51.4 Å². The van der Waals surface area contributed by atoms with Gasteiger partial charge in [-0.15, -0.1) is 0 Å². The highest BCUT2D eigenvalue weighted by Gasteiger charge is 2.22. The monoisotopic (exact) mass is 408 g/mol. The van der Waals surface area contributed by atoms with Crippen LogP contribution in [-0.2, 0) is 0 Å². The zero-order valence-electron chi connectivity index (χ0n) is 10.0. The summed E-state index contributed by atoms with van der Waals surface area (Å²) in [6.45, 7) is 1.46. The van der Waals surface area contributed by atoms with Crippen LogP contribution < -0.4 is 5.32 Å². The molecule has 0 aliphatic rings. The van der Waals surface area contributed by atoms with Crippen molar-refractivity contribution in [1.29, 1.82) is 0 Å². The first-order valence-electron chi connectivity index (χ1n) is 5.29. The van der Waals surface area contributed by atoms with Crippen LogP contribution in [-0.4, -0.2) is 14.9 Å². The molecule has 0 saturated carbocycles. The molecule has 0 aliphatic carbocycles. The molecule has 0 bridgehead atoms. The Morgan fingerprint density at radius 3 is 2.75 bits per heavy atom. The summed E-state index contributed by atoms with van der Waals surface area (Å²) in [6.07, 6.45) is 0. The van der Waals surface area contributed by atoms with Gasteiger partial charge >= 0.3 is 5.69 Å². The van der Waals surface area contributed by atoms with Crippen LogP contribution >= 0.6 is 34.2 Å². The van der Waals surface area contributed by atoms with Crippen LogP contribution in [0.5, 0.6) is 0 Å². The average molecular weight is 409 g/mol. The first-order chi connectivity index (χ1) is 9.38. The minimum absolute atomic E-state index is 0.0305. The predicted octanol–water partition coefficient (Wildman–Crippen LogP) is 3.83. The summed E-state index contributed by atoms with van der Waals surface area (Å²) in [5.41, 5.74) is 0.369. The third kappa shape index (κ3) is 3.12. The number of aromatic nitrogens is 2. The molecular formula is C11H7ClFIN4O2. The van der Waals surface area contributed by atoms with E-state index in [1.54, 1.807) is 0 Å². The van der Waals surface area contributed by atoms with Crippen molar-refractivity contribution in [3.63, 3.8) is 0 Å². The summed E-state index contributed by atoms with van der Waals surface area (Å²) < 4.78 is 13.6. The fraction of sp³-hybridized carbons (Fsp3) is 0.0909. The summed E-state index contributed by atoms with van der Waals surface area (Å²) in [4.78, 5) is 18.0. The maximum absolute atomic E-state index is 13.0. The second kappa shape index (κ2) is 5.83. The van der Waals surface area contributed by atoms with Crippen LogP contribution in [0.1, 0.15) is 5.69 Å². The molecule has 104 valence electrons. The van der Waals surface area contributed by atoms with E-state index in [2.05, 4.69) is 15.3 Å². The molecule has 1 aromatic carbocycles. The van der Waals surface area contributed by atoms with E-state index in [0.29, 0.717) is 9.26 Å². The largest absolute Gasteiger partial charge is 0.333 e. The van der Waals surface area contributed by atoms with Crippen molar-refractivity contribution < 1.29 is 9.31 Å². The van der Waals surface area contributed by atoms with Crippen molar-refractivity contribution in [3.05, 3.63) is 48.7 Å². The number of benzene rings is 1. The predicted molar refractivity (Wildman–Crippen MR) is 80.8 cm³/mol. The Bertz CT molecular complexity index is 698. The maximum atomic E-state index is 13.0. The van der Waals surface area contributed by atoms with E-state index in [-0.39, 0.29) is 22.5 Å².